The topological polar surface area (TPSA) is 76.0 Å². The maximum atomic E-state index is 10.9. The van der Waals surface area contributed by atoms with Crippen LogP contribution in [0.1, 0.15) is 25.8 Å². The van der Waals surface area contributed by atoms with Crippen LogP contribution in [0, 0.1) is 0 Å². The Kier molecular flexibility index (Phi) is 3.14. The molecule has 0 spiro atoms. The van der Waals surface area contributed by atoms with Crippen molar-refractivity contribution in [3.8, 4) is 17.2 Å². The van der Waals surface area contributed by atoms with E-state index in [9.17, 15) is 9.90 Å². The van der Waals surface area contributed by atoms with E-state index in [4.69, 9.17) is 14.6 Å². The number of carbonyl (C=O) groups is 1. The fourth-order valence-electron chi connectivity index (χ4n) is 1.98. The molecular weight excluding hydrogens is 304 g/mol. The smallest absolute Gasteiger partial charge is 0.304 e. The highest BCUT2D eigenvalue weighted by Gasteiger charge is 2.32. The molecule has 5 nitrogen and oxygen atoms in total. The lowest BCUT2D eigenvalue weighted by atomic mass is 9.81. The first-order chi connectivity index (χ1) is 8.33. The summed E-state index contributed by atoms with van der Waals surface area (Å²) in [5.41, 5.74) is -0.194. The lowest BCUT2D eigenvalue weighted by molar-refractivity contribution is -0.138. The molecule has 6 heteroatoms. The Morgan fingerprint density at radius 1 is 1.50 bits per heavy atom. The highest BCUT2D eigenvalue weighted by atomic mass is 79.9. The Bertz CT molecular complexity index is 510. The molecule has 0 bridgehead atoms. The summed E-state index contributed by atoms with van der Waals surface area (Å²) >= 11 is 3.24. The number of rotatable bonds is 3. The first-order valence-corrected chi connectivity index (χ1v) is 6.15. The molecular formula is C12H13BrO5. The van der Waals surface area contributed by atoms with Crippen molar-refractivity contribution in [1.29, 1.82) is 0 Å². The maximum absolute atomic E-state index is 10.9. The SMILES string of the molecule is CC(C)(CC(=O)O)c1cc2c(c(Br)c1O)OCO2. The minimum absolute atomic E-state index is 0.00880. The first-order valence-electron chi connectivity index (χ1n) is 5.36. The fraction of sp³-hybridized carbons (Fsp3) is 0.417. The van der Waals surface area contributed by atoms with Crippen molar-refractivity contribution in [1.82, 2.24) is 0 Å². The Morgan fingerprint density at radius 3 is 2.78 bits per heavy atom. The zero-order valence-corrected chi connectivity index (χ0v) is 11.6. The molecule has 1 aliphatic rings. The number of aromatic hydroxyl groups is 1. The molecule has 0 aromatic heterocycles. The van der Waals surface area contributed by atoms with Crippen LogP contribution >= 0.6 is 15.9 Å². The summed E-state index contributed by atoms with van der Waals surface area (Å²) in [6.07, 6.45) is -0.0906. The van der Waals surface area contributed by atoms with E-state index in [0.717, 1.165) is 0 Å². The van der Waals surface area contributed by atoms with Crippen LogP contribution in [0.3, 0.4) is 0 Å². The van der Waals surface area contributed by atoms with Crippen LogP contribution in [0.4, 0.5) is 0 Å². The van der Waals surface area contributed by atoms with Crippen molar-refractivity contribution in [2.45, 2.75) is 25.7 Å². The van der Waals surface area contributed by atoms with Gasteiger partial charge in [-0.1, -0.05) is 13.8 Å². The number of aliphatic carboxylic acids is 1. The van der Waals surface area contributed by atoms with Crippen LogP contribution in [0.5, 0.6) is 17.2 Å². The third kappa shape index (κ3) is 2.12. The number of phenolic OH excluding ortho intramolecular Hbond substituents is 1. The summed E-state index contributed by atoms with van der Waals surface area (Å²) in [6.45, 7) is 3.60. The molecule has 1 heterocycles. The van der Waals surface area contributed by atoms with Crippen LogP contribution in [-0.2, 0) is 10.2 Å². The third-order valence-electron chi connectivity index (χ3n) is 2.90. The number of carboxylic acids is 1. The predicted octanol–water partition coefficient (Wildman–Crippen LogP) is 2.64. The van der Waals surface area contributed by atoms with E-state index in [-0.39, 0.29) is 19.0 Å². The fourth-order valence-corrected chi connectivity index (χ4v) is 2.51. The summed E-state index contributed by atoms with van der Waals surface area (Å²) in [6, 6.07) is 1.63. The van der Waals surface area contributed by atoms with Gasteiger partial charge < -0.3 is 19.7 Å². The van der Waals surface area contributed by atoms with Gasteiger partial charge in [0.25, 0.3) is 0 Å². The molecule has 0 amide bonds. The summed E-state index contributed by atoms with van der Waals surface area (Å²) < 4.78 is 10.9. The van der Waals surface area contributed by atoms with E-state index in [1.165, 1.54) is 0 Å². The number of fused-ring (bicyclic) bond motifs is 1. The number of carboxylic acid groups (broad SMARTS) is 1. The molecule has 0 fully saturated rings. The van der Waals surface area contributed by atoms with Crippen LogP contribution in [0.2, 0.25) is 0 Å². The third-order valence-corrected chi connectivity index (χ3v) is 3.64. The summed E-state index contributed by atoms with van der Waals surface area (Å²) in [4.78, 5) is 10.9. The van der Waals surface area contributed by atoms with E-state index >= 15 is 0 Å². The Morgan fingerprint density at radius 2 is 2.17 bits per heavy atom. The molecule has 1 aromatic carbocycles. The van der Waals surface area contributed by atoms with E-state index in [1.54, 1.807) is 19.9 Å². The van der Waals surface area contributed by atoms with Crippen molar-refractivity contribution in [3.63, 3.8) is 0 Å². The Hall–Kier alpha value is -1.43. The molecule has 0 radical (unpaired) electrons. The maximum Gasteiger partial charge on any atom is 0.304 e. The van der Waals surface area contributed by atoms with Gasteiger partial charge in [0.2, 0.25) is 6.79 Å². The minimum Gasteiger partial charge on any atom is -0.506 e. The molecule has 0 saturated carbocycles. The quantitative estimate of drug-likeness (QED) is 0.896. The lowest BCUT2D eigenvalue weighted by Gasteiger charge is -2.25. The number of benzene rings is 1. The second kappa shape index (κ2) is 4.35. The van der Waals surface area contributed by atoms with Gasteiger partial charge in [-0.3, -0.25) is 4.79 Å². The second-order valence-corrected chi connectivity index (χ2v) is 5.57. The highest BCUT2D eigenvalue weighted by molar-refractivity contribution is 9.10. The molecule has 98 valence electrons. The van der Waals surface area contributed by atoms with Gasteiger partial charge in [-0.2, -0.15) is 0 Å². The van der Waals surface area contributed by atoms with Crippen molar-refractivity contribution in [2.24, 2.45) is 0 Å². The number of halogens is 1. The minimum atomic E-state index is -0.923. The van der Waals surface area contributed by atoms with Gasteiger partial charge in [0, 0.05) is 11.0 Å². The van der Waals surface area contributed by atoms with Crippen molar-refractivity contribution < 1.29 is 24.5 Å². The Labute approximate surface area is 112 Å². The van der Waals surface area contributed by atoms with Crippen molar-refractivity contribution in [2.75, 3.05) is 6.79 Å². The van der Waals surface area contributed by atoms with Crippen molar-refractivity contribution >= 4 is 21.9 Å². The van der Waals surface area contributed by atoms with Gasteiger partial charge in [0.1, 0.15) is 10.2 Å². The summed E-state index contributed by atoms with van der Waals surface area (Å²) in [7, 11) is 0. The molecule has 1 aliphatic heterocycles. The average Bonchev–Trinajstić information content (AvgIpc) is 2.69. The van der Waals surface area contributed by atoms with Crippen LogP contribution in [0.15, 0.2) is 10.5 Å². The largest absolute Gasteiger partial charge is 0.506 e. The van der Waals surface area contributed by atoms with Crippen LogP contribution in [-0.4, -0.2) is 23.0 Å². The van der Waals surface area contributed by atoms with E-state index < -0.39 is 11.4 Å². The first kappa shape index (κ1) is 13.0. The molecule has 0 atom stereocenters. The normalized spacial score (nSPS) is 13.7. The summed E-state index contributed by atoms with van der Waals surface area (Å²) in [5.74, 6) is 0.0224. The van der Waals surface area contributed by atoms with Gasteiger partial charge in [0.05, 0.1) is 6.42 Å². The number of hydrogen-bond donors (Lipinski definition) is 2. The van der Waals surface area contributed by atoms with Crippen molar-refractivity contribution in [3.05, 3.63) is 16.1 Å². The molecule has 1 aromatic rings. The Balaban J connectivity index is 2.52. The lowest BCUT2D eigenvalue weighted by Crippen LogP contribution is -2.21. The molecule has 2 rings (SSSR count). The zero-order valence-electron chi connectivity index (χ0n) is 9.99. The number of hydrogen-bond acceptors (Lipinski definition) is 4. The number of phenols is 1. The van der Waals surface area contributed by atoms with Gasteiger partial charge in [-0.25, -0.2) is 0 Å². The second-order valence-electron chi connectivity index (χ2n) is 4.77. The monoisotopic (exact) mass is 316 g/mol. The standard InChI is InChI=1S/C12H13BrO5/c1-12(2,4-8(14)15)6-3-7-11(18-5-17-7)9(13)10(6)16/h3,16H,4-5H2,1-2H3,(H,14,15). The van der Waals surface area contributed by atoms with Gasteiger partial charge in [0.15, 0.2) is 11.5 Å². The zero-order chi connectivity index (χ0) is 13.5. The molecule has 0 unspecified atom stereocenters. The van der Waals surface area contributed by atoms with E-state index in [0.29, 0.717) is 21.5 Å². The average molecular weight is 317 g/mol. The molecule has 0 aliphatic carbocycles. The van der Waals surface area contributed by atoms with E-state index in [1.807, 2.05) is 0 Å². The van der Waals surface area contributed by atoms with Gasteiger partial charge in [-0.05, 0) is 22.0 Å². The molecule has 18 heavy (non-hydrogen) atoms. The van der Waals surface area contributed by atoms with Crippen LogP contribution < -0.4 is 9.47 Å². The van der Waals surface area contributed by atoms with Gasteiger partial charge >= 0.3 is 5.97 Å². The summed E-state index contributed by atoms with van der Waals surface area (Å²) in [5, 5.41) is 19.0. The van der Waals surface area contributed by atoms with Crippen LogP contribution in [0.25, 0.3) is 0 Å². The molecule has 2 N–H and O–H groups in total. The van der Waals surface area contributed by atoms with E-state index in [2.05, 4.69) is 15.9 Å². The van der Waals surface area contributed by atoms with Gasteiger partial charge in [-0.15, -0.1) is 0 Å². The number of ether oxygens (including phenoxy) is 2. The predicted molar refractivity (Wildman–Crippen MR) is 67.2 cm³/mol. The molecule has 0 saturated heterocycles. The highest BCUT2D eigenvalue weighted by Crippen LogP contribution is 2.49.